The van der Waals surface area contributed by atoms with E-state index in [1.54, 1.807) is 24.3 Å². The maximum Gasteiger partial charge on any atom is 0.238 e. The number of carbonyl (C=O) groups is 1. The van der Waals surface area contributed by atoms with E-state index in [9.17, 15) is 4.79 Å². The van der Waals surface area contributed by atoms with Gasteiger partial charge < -0.3 is 11.1 Å². The van der Waals surface area contributed by atoms with Crippen molar-refractivity contribution in [3.8, 4) is 0 Å². The second-order valence-corrected chi connectivity index (χ2v) is 6.13. The number of nitrogens with two attached hydrogens (primary N) is 1. The summed E-state index contributed by atoms with van der Waals surface area (Å²) in [6.07, 6.45) is 0. The standard InChI is InChI=1S/C15H25N3O/c1-11(15(2,3)4)18(5)10-14(19)17-13-8-6-12(16)7-9-13/h6-9,11H,10,16H2,1-5H3,(H,17,19). The summed E-state index contributed by atoms with van der Waals surface area (Å²) in [5.41, 5.74) is 7.22. The van der Waals surface area contributed by atoms with Gasteiger partial charge in [0.1, 0.15) is 0 Å². The monoisotopic (exact) mass is 263 g/mol. The molecule has 1 aromatic carbocycles. The third-order valence-corrected chi connectivity index (χ3v) is 3.50. The minimum atomic E-state index is -0.0108. The average molecular weight is 263 g/mol. The molecule has 1 rings (SSSR count). The molecule has 0 aliphatic rings. The summed E-state index contributed by atoms with van der Waals surface area (Å²) in [4.78, 5) is 14.0. The SMILES string of the molecule is CC(N(C)CC(=O)Nc1ccc(N)cc1)C(C)(C)C. The molecule has 1 amide bonds. The van der Waals surface area contributed by atoms with Crippen molar-refractivity contribution in [2.45, 2.75) is 33.7 Å². The fourth-order valence-electron chi connectivity index (χ4n) is 1.79. The van der Waals surface area contributed by atoms with Gasteiger partial charge in [-0.05, 0) is 43.7 Å². The van der Waals surface area contributed by atoms with Gasteiger partial charge in [0.15, 0.2) is 0 Å². The van der Waals surface area contributed by atoms with Gasteiger partial charge in [-0.15, -0.1) is 0 Å². The van der Waals surface area contributed by atoms with Gasteiger partial charge in [-0.25, -0.2) is 0 Å². The molecule has 0 spiro atoms. The summed E-state index contributed by atoms with van der Waals surface area (Å²) in [5, 5.41) is 2.87. The molecule has 0 saturated heterocycles. The highest BCUT2D eigenvalue weighted by Crippen LogP contribution is 2.22. The van der Waals surface area contributed by atoms with Crippen LogP contribution in [0.15, 0.2) is 24.3 Å². The van der Waals surface area contributed by atoms with Gasteiger partial charge in [-0.2, -0.15) is 0 Å². The van der Waals surface area contributed by atoms with Gasteiger partial charge in [0.2, 0.25) is 5.91 Å². The molecule has 0 aliphatic heterocycles. The van der Waals surface area contributed by atoms with E-state index in [1.165, 1.54) is 0 Å². The number of benzene rings is 1. The molecule has 4 nitrogen and oxygen atoms in total. The van der Waals surface area contributed by atoms with Crippen molar-refractivity contribution in [1.82, 2.24) is 4.90 Å². The maximum atomic E-state index is 12.0. The molecule has 0 fully saturated rings. The summed E-state index contributed by atoms with van der Waals surface area (Å²) in [6, 6.07) is 7.49. The average Bonchev–Trinajstić information content (AvgIpc) is 2.29. The maximum absolute atomic E-state index is 12.0. The number of anilines is 2. The molecule has 3 N–H and O–H groups in total. The lowest BCUT2D eigenvalue weighted by molar-refractivity contribution is -0.117. The molecule has 19 heavy (non-hydrogen) atoms. The van der Waals surface area contributed by atoms with Gasteiger partial charge in [0.05, 0.1) is 6.54 Å². The zero-order valence-corrected chi connectivity index (χ0v) is 12.5. The van der Waals surface area contributed by atoms with Crippen molar-refractivity contribution < 1.29 is 4.79 Å². The Morgan fingerprint density at radius 3 is 2.32 bits per heavy atom. The highest BCUT2D eigenvalue weighted by molar-refractivity contribution is 5.92. The minimum Gasteiger partial charge on any atom is -0.399 e. The Bertz CT molecular complexity index is 420. The normalized spacial score (nSPS) is 13.4. The first-order valence-electron chi connectivity index (χ1n) is 6.56. The van der Waals surface area contributed by atoms with Gasteiger partial charge in [0, 0.05) is 17.4 Å². The molecular weight excluding hydrogens is 238 g/mol. The quantitative estimate of drug-likeness (QED) is 0.821. The van der Waals surface area contributed by atoms with Crippen molar-refractivity contribution in [1.29, 1.82) is 0 Å². The fourth-order valence-corrected chi connectivity index (χ4v) is 1.79. The zero-order chi connectivity index (χ0) is 14.6. The van der Waals surface area contributed by atoms with Crippen molar-refractivity contribution >= 4 is 17.3 Å². The van der Waals surface area contributed by atoms with Crippen LogP contribution in [0.5, 0.6) is 0 Å². The first-order chi connectivity index (χ1) is 8.70. The molecule has 0 heterocycles. The first kappa shape index (κ1) is 15.5. The molecular formula is C15H25N3O. The number of nitrogens with zero attached hydrogens (tertiary/aromatic N) is 1. The molecule has 1 atom stereocenters. The Kier molecular flexibility index (Phi) is 4.95. The predicted octanol–water partition coefficient (Wildman–Crippen LogP) is 2.57. The van der Waals surface area contributed by atoms with Gasteiger partial charge >= 0.3 is 0 Å². The largest absolute Gasteiger partial charge is 0.399 e. The number of hydrogen-bond donors (Lipinski definition) is 2. The second kappa shape index (κ2) is 6.06. The van der Waals surface area contributed by atoms with Crippen LogP contribution in [0.2, 0.25) is 0 Å². The van der Waals surface area contributed by atoms with Crippen LogP contribution < -0.4 is 11.1 Å². The lowest BCUT2D eigenvalue weighted by atomic mass is 9.87. The van der Waals surface area contributed by atoms with E-state index < -0.39 is 0 Å². The Labute approximate surface area is 116 Å². The molecule has 0 saturated carbocycles. The van der Waals surface area contributed by atoms with Gasteiger partial charge in [0.25, 0.3) is 0 Å². The van der Waals surface area contributed by atoms with Crippen LogP contribution in [0, 0.1) is 5.41 Å². The topological polar surface area (TPSA) is 58.4 Å². The summed E-state index contributed by atoms with van der Waals surface area (Å²) in [5.74, 6) is -0.0108. The summed E-state index contributed by atoms with van der Waals surface area (Å²) < 4.78 is 0. The van der Waals surface area contributed by atoms with Gasteiger partial charge in [-0.3, -0.25) is 9.69 Å². The minimum absolute atomic E-state index is 0.0108. The van der Waals surface area contributed by atoms with Crippen molar-refractivity contribution in [2.75, 3.05) is 24.6 Å². The van der Waals surface area contributed by atoms with Crippen LogP contribution in [0.1, 0.15) is 27.7 Å². The molecule has 106 valence electrons. The third kappa shape index (κ3) is 4.91. The second-order valence-electron chi connectivity index (χ2n) is 6.13. The molecule has 0 aliphatic carbocycles. The van der Waals surface area contributed by atoms with Crippen LogP contribution >= 0.6 is 0 Å². The van der Waals surface area contributed by atoms with Crippen LogP contribution in [0.25, 0.3) is 0 Å². The summed E-state index contributed by atoms with van der Waals surface area (Å²) >= 11 is 0. The number of rotatable bonds is 4. The Balaban J connectivity index is 2.54. The van der Waals surface area contributed by atoms with E-state index in [4.69, 9.17) is 5.73 Å². The van der Waals surface area contributed by atoms with E-state index in [0.717, 1.165) is 5.69 Å². The van der Waals surface area contributed by atoms with Crippen LogP contribution in [0.4, 0.5) is 11.4 Å². The Morgan fingerprint density at radius 2 is 1.84 bits per heavy atom. The number of nitrogen functional groups attached to an aromatic ring is 1. The first-order valence-corrected chi connectivity index (χ1v) is 6.56. The molecule has 4 heteroatoms. The van der Waals surface area contributed by atoms with E-state index in [1.807, 2.05) is 7.05 Å². The third-order valence-electron chi connectivity index (χ3n) is 3.50. The molecule has 0 aromatic heterocycles. The van der Waals surface area contributed by atoms with Gasteiger partial charge in [-0.1, -0.05) is 20.8 Å². The summed E-state index contributed by atoms with van der Waals surface area (Å²) in [6.45, 7) is 9.03. The zero-order valence-electron chi connectivity index (χ0n) is 12.5. The van der Waals surface area contributed by atoms with Crippen LogP contribution in [-0.4, -0.2) is 30.4 Å². The number of amides is 1. The molecule has 0 bridgehead atoms. The van der Waals surface area contributed by atoms with Crippen molar-refractivity contribution in [3.05, 3.63) is 24.3 Å². The van der Waals surface area contributed by atoms with Crippen molar-refractivity contribution in [2.24, 2.45) is 5.41 Å². The Hall–Kier alpha value is -1.55. The summed E-state index contributed by atoms with van der Waals surface area (Å²) in [7, 11) is 1.97. The van der Waals surface area contributed by atoms with E-state index in [2.05, 4.69) is 37.9 Å². The highest BCUT2D eigenvalue weighted by Gasteiger charge is 2.24. The highest BCUT2D eigenvalue weighted by atomic mass is 16.2. The van der Waals surface area contributed by atoms with Crippen molar-refractivity contribution in [3.63, 3.8) is 0 Å². The van der Waals surface area contributed by atoms with E-state index in [-0.39, 0.29) is 11.3 Å². The number of hydrogen-bond acceptors (Lipinski definition) is 3. The smallest absolute Gasteiger partial charge is 0.238 e. The lowest BCUT2D eigenvalue weighted by Crippen LogP contribution is -2.43. The van der Waals surface area contributed by atoms with Crippen LogP contribution in [-0.2, 0) is 4.79 Å². The Morgan fingerprint density at radius 1 is 1.32 bits per heavy atom. The number of nitrogens with one attached hydrogen (secondary N) is 1. The molecule has 0 radical (unpaired) electrons. The predicted molar refractivity (Wildman–Crippen MR) is 81.0 cm³/mol. The molecule has 1 aromatic rings. The van der Waals surface area contributed by atoms with Crippen LogP contribution in [0.3, 0.4) is 0 Å². The van der Waals surface area contributed by atoms with E-state index >= 15 is 0 Å². The number of likely N-dealkylation sites (N-methyl/N-ethyl adjacent to an activating group) is 1. The number of carbonyl (C=O) groups excluding carboxylic acids is 1. The lowest BCUT2D eigenvalue weighted by Gasteiger charge is -2.34. The fraction of sp³-hybridized carbons (Fsp3) is 0.533. The molecule has 1 unspecified atom stereocenters. The van der Waals surface area contributed by atoms with E-state index in [0.29, 0.717) is 18.3 Å².